The quantitative estimate of drug-likeness (QED) is 0.103. The standard InChI is InChI=1S/C25H43F3N8O5/c1-14-15(2)21(39)35-17(9-3-5-11-29)23(41)36-18(10-7-13-33-24(30)31)22(40)34-16(19(37)25(26,27)28)8-4-6-12-32-20(14)38/h14-18H,3-13,29H2,1-2H3,(H,32,38)(H,34,40)(H,35,39)(H,36,41)(H4,30,31,33)/t14?,15?,16-,17-,18-/m0/s1. The maximum absolute atomic E-state index is 13.3. The fourth-order valence-electron chi connectivity index (χ4n) is 4.15. The van der Waals surface area contributed by atoms with Crippen LogP contribution in [0.15, 0.2) is 4.99 Å². The van der Waals surface area contributed by atoms with Crippen LogP contribution in [0.4, 0.5) is 13.2 Å². The zero-order valence-corrected chi connectivity index (χ0v) is 23.5. The summed E-state index contributed by atoms with van der Waals surface area (Å²) in [6, 6.07) is -4.38. The van der Waals surface area contributed by atoms with E-state index in [-0.39, 0.29) is 57.6 Å². The van der Waals surface area contributed by atoms with Gasteiger partial charge in [-0.25, -0.2) is 0 Å². The lowest BCUT2D eigenvalue weighted by Gasteiger charge is -2.26. The number of Topliss-reactive ketones (excluding diaryl/α,β-unsaturated/α-hetero) is 1. The SMILES string of the molecule is CC1C(=O)NCCCC[C@@H](C(=O)C(F)(F)F)NC(=O)[C@H](CCCN=C(N)N)NC(=O)[C@H](CCCCN)NC(=O)C1C. The predicted octanol–water partition coefficient (Wildman–Crippen LogP) is -0.673. The molecule has 0 radical (unpaired) electrons. The Morgan fingerprint density at radius 2 is 1.41 bits per heavy atom. The van der Waals surface area contributed by atoms with Crippen LogP contribution in [-0.2, 0) is 24.0 Å². The van der Waals surface area contributed by atoms with Crippen LogP contribution < -0.4 is 38.5 Å². The highest BCUT2D eigenvalue weighted by atomic mass is 19.4. The number of ketones is 1. The smallest absolute Gasteiger partial charge is 0.370 e. The van der Waals surface area contributed by atoms with Crippen LogP contribution in [0.1, 0.15) is 65.2 Å². The Labute approximate surface area is 237 Å². The molecule has 13 nitrogen and oxygen atoms in total. The summed E-state index contributed by atoms with van der Waals surface area (Å²) in [5.41, 5.74) is 16.2. The van der Waals surface area contributed by atoms with E-state index in [4.69, 9.17) is 17.2 Å². The maximum Gasteiger partial charge on any atom is 0.452 e. The van der Waals surface area contributed by atoms with Gasteiger partial charge >= 0.3 is 6.18 Å². The minimum atomic E-state index is -5.21. The lowest BCUT2D eigenvalue weighted by molar-refractivity contribution is -0.174. The third-order valence-electron chi connectivity index (χ3n) is 6.87. The molecule has 0 aromatic carbocycles. The van der Waals surface area contributed by atoms with Crippen molar-refractivity contribution in [3.63, 3.8) is 0 Å². The van der Waals surface area contributed by atoms with Gasteiger partial charge in [-0.1, -0.05) is 13.8 Å². The van der Waals surface area contributed by atoms with Crippen molar-refractivity contribution in [2.24, 2.45) is 34.0 Å². The Kier molecular flexibility index (Phi) is 15.1. The fraction of sp³-hybridized carbons (Fsp3) is 0.760. The molecule has 10 N–H and O–H groups in total. The van der Waals surface area contributed by atoms with Crippen molar-refractivity contribution in [1.29, 1.82) is 0 Å². The largest absolute Gasteiger partial charge is 0.452 e. The minimum Gasteiger partial charge on any atom is -0.370 e. The molecule has 0 bridgehead atoms. The van der Waals surface area contributed by atoms with Gasteiger partial charge in [-0.05, 0) is 57.9 Å². The predicted molar refractivity (Wildman–Crippen MR) is 145 cm³/mol. The molecule has 0 aromatic heterocycles. The number of aliphatic imine (C=N–C) groups is 1. The summed E-state index contributed by atoms with van der Waals surface area (Å²) >= 11 is 0. The molecule has 2 unspecified atom stereocenters. The van der Waals surface area contributed by atoms with Crippen molar-refractivity contribution in [3.8, 4) is 0 Å². The monoisotopic (exact) mass is 592 g/mol. The second kappa shape index (κ2) is 17.4. The summed E-state index contributed by atoms with van der Waals surface area (Å²) < 4.78 is 40.0. The van der Waals surface area contributed by atoms with E-state index in [1.54, 1.807) is 6.92 Å². The molecule has 41 heavy (non-hydrogen) atoms. The number of alkyl halides is 3. The van der Waals surface area contributed by atoms with Crippen molar-refractivity contribution >= 4 is 35.4 Å². The molecule has 4 amide bonds. The third-order valence-corrected chi connectivity index (χ3v) is 6.87. The molecule has 16 heteroatoms. The fourth-order valence-corrected chi connectivity index (χ4v) is 4.15. The molecule has 0 aliphatic carbocycles. The number of carbonyl (C=O) groups is 5. The molecule has 234 valence electrons. The van der Waals surface area contributed by atoms with Crippen molar-refractivity contribution in [1.82, 2.24) is 21.3 Å². The number of nitrogens with one attached hydrogen (secondary N) is 4. The zero-order valence-electron chi connectivity index (χ0n) is 23.5. The molecule has 5 atom stereocenters. The number of rotatable bonds is 9. The van der Waals surface area contributed by atoms with Crippen LogP contribution in [-0.4, -0.2) is 79.3 Å². The number of nitrogens with zero attached hydrogens (tertiary/aromatic N) is 1. The Morgan fingerprint density at radius 1 is 0.854 bits per heavy atom. The first-order valence-electron chi connectivity index (χ1n) is 13.7. The zero-order chi connectivity index (χ0) is 31.2. The van der Waals surface area contributed by atoms with Crippen LogP contribution in [0.5, 0.6) is 0 Å². The van der Waals surface area contributed by atoms with Gasteiger partial charge in [0.25, 0.3) is 5.78 Å². The van der Waals surface area contributed by atoms with E-state index in [2.05, 4.69) is 26.3 Å². The second-order valence-corrected chi connectivity index (χ2v) is 10.1. The maximum atomic E-state index is 13.3. The summed E-state index contributed by atoms with van der Waals surface area (Å²) in [6.07, 6.45) is -4.03. The number of hydrogen-bond donors (Lipinski definition) is 7. The Balaban J connectivity index is 3.36. The molecular weight excluding hydrogens is 549 g/mol. The first-order chi connectivity index (χ1) is 19.2. The van der Waals surface area contributed by atoms with Crippen LogP contribution in [0, 0.1) is 11.8 Å². The molecule has 0 saturated carbocycles. The van der Waals surface area contributed by atoms with Crippen molar-refractivity contribution in [3.05, 3.63) is 0 Å². The number of carbonyl (C=O) groups excluding carboxylic acids is 5. The molecular formula is C25H43F3N8O5. The van der Waals surface area contributed by atoms with Crippen molar-refractivity contribution in [2.75, 3.05) is 19.6 Å². The number of guanidine groups is 1. The average molecular weight is 593 g/mol. The van der Waals surface area contributed by atoms with Crippen molar-refractivity contribution < 1.29 is 37.1 Å². The number of halogens is 3. The number of amides is 4. The summed E-state index contributed by atoms with van der Waals surface area (Å²) in [4.78, 5) is 67.9. The lowest BCUT2D eigenvalue weighted by Crippen LogP contribution is -2.57. The van der Waals surface area contributed by atoms with Gasteiger partial charge in [0.15, 0.2) is 5.96 Å². The van der Waals surface area contributed by atoms with E-state index in [9.17, 15) is 37.1 Å². The van der Waals surface area contributed by atoms with Crippen LogP contribution in [0.2, 0.25) is 0 Å². The summed E-state index contributed by atoms with van der Waals surface area (Å²) in [5.74, 6) is -6.70. The van der Waals surface area contributed by atoms with Crippen molar-refractivity contribution in [2.45, 2.75) is 89.5 Å². The topological polar surface area (TPSA) is 224 Å². The summed E-state index contributed by atoms with van der Waals surface area (Å²) in [7, 11) is 0. The second-order valence-electron chi connectivity index (χ2n) is 10.1. The minimum absolute atomic E-state index is 0.0694. The summed E-state index contributed by atoms with van der Waals surface area (Å²) in [5, 5.41) is 9.89. The highest BCUT2D eigenvalue weighted by molar-refractivity contribution is 5.96. The third kappa shape index (κ3) is 12.7. The highest BCUT2D eigenvalue weighted by Gasteiger charge is 2.44. The highest BCUT2D eigenvalue weighted by Crippen LogP contribution is 2.21. The lowest BCUT2D eigenvalue weighted by atomic mass is 9.93. The van der Waals surface area contributed by atoms with Crippen LogP contribution in [0.25, 0.3) is 0 Å². The Morgan fingerprint density at radius 3 is 2.00 bits per heavy atom. The van der Waals surface area contributed by atoms with Gasteiger partial charge in [-0.2, -0.15) is 13.2 Å². The molecule has 1 heterocycles. The normalized spacial score (nSPS) is 25.7. The molecule has 1 aliphatic heterocycles. The van der Waals surface area contributed by atoms with E-state index < -0.39 is 65.5 Å². The van der Waals surface area contributed by atoms with Gasteiger partial charge < -0.3 is 38.5 Å². The Hall–Kier alpha value is -3.43. The molecule has 1 saturated heterocycles. The van der Waals surface area contributed by atoms with E-state index in [0.717, 1.165) is 0 Å². The first-order valence-corrected chi connectivity index (χ1v) is 13.7. The van der Waals surface area contributed by atoms with Crippen LogP contribution in [0.3, 0.4) is 0 Å². The first kappa shape index (κ1) is 35.6. The van der Waals surface area contributed by atoms with Gasteiger partial charge in [0.05, 0.1) is 6.04 Å². The van der Waals surface area contributed by atoms with E-state index in [1.165, 1.54) is 6.92 Å². The number of nitrogens with two attached hydrogens (primary N) is 3. The summed E-state index contributed by atoms with van der Waals surface area (Å²) in [6.45, 7) is 3.58. The van der Waals surface area contributed by atoms with Gasteiger partial charge in [-0.15, -0.1) is 0 Å². The molecule has 0 spiro atoms. The van der Waals surface area contributed by atoms with Gasteiger partial charge in [0.2, 0.25) is 23.6 Å². The number of hydrogen-bond acceptors (Lipinski definition) is 7. The van der Waals surface area contributed by atoms with E-state index >= 15 is 0 Å². The molecule has 1 aliphatic rings. The van der Waals surface area contributed by atoms with Crippen LogP contribution >= 0.6 is 0 Å². The molecule has 1 fully saturated rings. The Bertz CT molecular complexity index is 943. The molecule has 0 aromatic rings. The average Bonchev–Trinajstić information content (AvgIpc) is 2.90. The van der Waals surface area contributed by atoms with Gasteiger partial charge in [0, 0.05) is 24.9 Å². The van der Waals surface area contributed by atoms with E-state index in [1.807, 2.05) is 0 Å². The van der Waals surface area contributed by atoms with Gasteiger partial charge in [-0.3, -0.25) is 29.0 Å². The number of unbranched alkanes of at least 4 members (excludes halogenated alkanes) is 1. The molecule has 1 rings (SSSR count). The van der Waals surface area contributed by atoms with Gasteiger partial charge in [0.1, 0.15) is 12.1 Å². The van der Waals surface area contributed by atoms with E-state index in [0.29, 0.717) is 19.4 Å².